The Balaban J connectivity index is 2.08. The highest BCUT2D eigenvalue weighted by Crippen LogP contribution is 2.14. The molecular formula is C12H19N5O3. The Bertz CT molecular complexity index is 487. The van der Waals surface area contributed by atoms with Crippen LogP contribution in [-0.4, -0.2) is 58.3 Å². The Hall–Kier alpha value is -1.96. The molecule has 0 aliphatic carbocycles. The summed E-state index contributed by atoms with van der Waals surface area (Å²) in [5, 5.41) is 6.68. The fourth-order valence-electron chi connectivity index (χ4n) is 2.26. The molecule has 0 bridgehead atoms. The zero-order chi connectivity index (χ0) is 14.5. The number of nitrogens with zero attached hydrogens (tertiary/aromatic N) is 4. The van der Waals surface area contributed by atoms with E-state index >= 15 is 0 Å². The molecule has 1 aliphatic rings. The van der Waals surface area contributed by atoms with Gasteiger partial charge in [-0.2, -0.15) is 5.10 Å². The van der Waals surface area contributed by atoms with Crippen LogP contribution in [-0.2, 0) is 27.4 Å². The molecule has 0 unspecified atom stereocenters. The first-order valence-electron chi connectivity index (χ1n) is 6.48. The number of ether oxygens (including phenoxy) is 1. The molecule has 1 atom stereocenters. The predicted molar refractivity (Wildman–Crippen MR) is 69.5 cm³/mol. The van der Waals surface area contributed by atoms with Crippen LogP contribution in [0, 0.1) is 5.92 Å². The molecule has 1 aromatic heterocycles. The van der Waals surface area contributed by atoms with E-state index in [-0.39, 0.29) is 24.3 Å². The lowest BCUT2D eigenvalue weighted by Crippen LogP contribution is -2.41. The van der Waals surface area contributed by atoms with Crippen LogP contribution in [0.3, 0.4) is 0 Å². The van der Waals surface area contributed by atoms with Crippen LogP contribution in [0.15, 0.2) is 6.33 Å². The topological polar surface area (TPSA) is 89.3 Å². The Morgan fingerprint density at radius 3 is 3.00 bits per heavy atom. The minimum absolute atomic E-state index is 0.00315. The highest BCUT2D eigenvalue weighted by Gasteiger charge is 2.26. The second kappa shape index (κ2) is 6.47. The molecule has 2 heterocycles. The van der Waals surface area contributed by atoms with Gasteiger partial charge in [-0.25, -0.2) is 9.67 Å². The number of rotatable bonds is 4. The van der Waals surface area contributed by atoms with Gasteiger partial charge in [-0.3, -0.25) is 9.59 Å². The van der Waals surface area contributed by atoms with E-state index in [0.29, 0.717) is 26.2 Å². The SMILES string of the molecule is COC[C@H]1CN(C(=O)CNC(C)=O)Cc2ncnn2C1. The van der Waals surface area contributed by atoms with Crippen molar-refractivity contribution in [3.8, 4) is 0 Å². The van der Waals surface area contributed by atoms with Crippen LogP contribution in [0.5, 0.6) is 0 Å². The molecule has 1 N–H and O–H groups in total. The van der Waals surface area contributed by atoms with Crippen LogP contribution in [0.25, 0.3) is 0 Å². The monoisotopic (exact) mass is 281 g/mol. The molecule has 0 saturated heterocycles. The Kier molecular flexibility index (Phi) is 4.67. The van der Waals surface area contributed by atoms with E-state index in [1.165, 1.54) is 13.3 Å². The van der Waals surface area contributed by atoms with Crippen LogP contribution < -0.4 is 5.32 Å². The van der Waals surface area contributed by atoms with E-state index in [2.05, 4.69) is 15.4 Å². The number of methoxy groups -OCH3 is 1. The number of hydrogen-bond acceptors (Lipinski definition) is 5. The van der Waals surface area contributed by atoms with Crippen molar-refractivity contribution in [3.05, 3.63) is 12.2 Å². The average molecular weight is 281 g/mol. The summed E-state index contributed by atoms with van der Waals surface area (Å²) in [5.41, 5.74) is 0. The number of amides is 2. The van der Waals surface area contributed by atoms with Crippen LogP contribution >= 0.6 is 0 Å². The molecule has 2 amide bonds. The summed E-state index contributed by atoms with van der Waals surface area (Å²) in [4.78, 5) is 28.9. The zero-order valence-electron chi connectivity index (χ0n) is 11.7. The summed E-state index contributed by atoms with van der Waals surface area (Å²) >= 11 is 0. The maximum atomic E-state index is 12.1. The van der Waals surface area contributed by atoms with Gasteiger partial charge in [0.1, 0.15) is 12.2 Å². The van der Waals surface area contributed by atoms with Gasteiger partial charge in [0.2, 0.25) is 11.8 Å². The van der Waals surface area contributed by atoms with Crippen molar-refractivity contribution >= 4 is 11.8 Å². The first-order valence-corrected chi connectivity index (χ1v) is 6.48. The first-order chi connectivity index (χ1) is 9.60. The fourth-order valence-corrected chi connectivity index (χ4v) is 2.26. The van der Waals surface area contributed by atoms with Crippen molar-refractivity contribution in [3.63, 3.8) is 0 Å². The quantitative estimate of drug-likeness (QED) is 0.766. The van der Waals surface area contributed by atoms with E-state index in [9.17, 15) is 9.59 Å². The van der Waals surface area contributed by atoms with Crippen molar-refractivity contribution in [1.82, 2.24) is 25.0 Å². The fraction of sp³-hybridized carbons (Fsp3) is 0.667. The molecule has 8 nitrogen and oxygen atoms in total. The number of carbonyl (C=O) groups excluding carboxylic acids is 2. The Morgan fingerprint density at radius 2 is 2.30 bits per heavy atom. The van der Waals surface area contributed by atoms with Gasteiger partial charge in [-0.1, -0.05) is 0 Å². The van der Waals surface area contributed by atoms with Gasteiger partial charge in [0, 0.05) is 33.0 Å². The van der Waals surface area contributed by atoms with Gasteiger partial charge in [-0.15, -0.1) is 0 Å². The van der Waals surface area contributed by atoms with Crippen molar-refractivity contribution < 1.29 is 14.3 Å². The van der Waals surface area contributed by atoms with Gasteiger partial charge in [0.25, 0.3) is 0 Å². The lowest BCUT2D eigenvalue weighted by atomic mass is 10.1. The van der Waals surface area contributed by atoms with Gasteiger partial charge >= 0.3 is 0 Å². The third-order valence-electron chi connectivity index (χ3n) is 3.18. The van der Waals surface area contributed by atoms with Crippen LogP contribution in [0.2, 0.25) is 0 Å². The molecule has 0 spiro atoms. The smallest absolute Gasteiger partial charge is 0.242 e. The van der Waals surface area contributed by atoms with Gasteiger partial charge in [0.05, 0.1) is 19.7 Å². The summed E-state index contributed by atoms with van der Waals surface area (Å²) in [5.74, 6) is 0.562. The van der Waals surface area contributed by atoms with E-state index in [0.717, 1.165) is 5.82 Å². The molecule has 110 valence electrons. The third kappa shape index (κ3) is 3.53. The van der Waals surface area contributed by atoms with Crippen molar-refractivity contribution in [2.24, 2.45) is 5.92 Å². The van der Waals surface area contributed by atoms with Crippen molar-refractivity contribution in [1.29, 1.82) is 0 Å². The molecular weight excluding hydrogens is 262 g/mol. The van der Waals surface area contributed by atoms with Gasteiger partial charge < -0.3 is 15.0 Å². The lowest BCUT2D eigenvalue weighted by molar-refractivity contribution is -0.133. The summed E-state index contributed by atoms with van der Waals surface area (Å²) in [6.07, 6.45) is 1.49. The molecule has 8 heteroatoms. The second-order valence-electron chi connectivity index (χ2n) is 4.86. The summed E-state index contributed by atoms with van der Waals surface area (Å²) in [7, 11) is 1.64. The molecule has 0 saturated carbocycles. The molecule has 0 fully saturated rings. The summed E-state index contributed by atoms with van der Waals surface area (Å²) < 4.78 is 6.99. The molecule has 1 aromatic rings. The molecule has 0 aromatic carbocycles. The average Bonchev–Trinajstić information content (AvgIpc) is 2.75. The third-order valence-corrected chi connectivity index (χ3v) is 3.18. The Morgan fingerprint density at radius 1 is 1.50 bits per heavy atom. The number of aromatic nitrogens is 3. The minimum atomic E-state index is -0.218. The number of carbonyl (C=O) groups is 2. The standard InChI is InChI=1S/C12H19N5O3/c1-9(18)13-3-12(19)16-4-10(7-20-2)5-17-11(6-16)14-8-15-17/h8,10H,3-7H2,1-2H3,(H,13,18)/t10-/m0/s1. The maximum absolute atomic E-state index is 12.1. The zero-order valence-corrected chi connectivity index (χ0v) is 11.7. The largest absolute Gasteiger partial charge is 0.384 e. The van der Waals surface area contributed by atoms with E-state index < -0.39 is 0 Å². The van der Waals surface area contributed by atoms with Crippen LogP contribution in [0.1, 0.15) is 12.7 Å². The summed E-state index contributed by atoms with van der Waals surface area (Å²) in [6.45, 7) is 3.58. The number of nitrogens with one attached hydrogen (secondary N) is 1. The summed E-state index contributed by atoms with van der Waals surface area (Å²) in [6, 6.07) is 0. The molecule has 2 rings (SSSR count). The molecule has 0 radical (unpaired) electrons. The van der Waals surface area contributed by atoms with E-state index in [1.54, 1.807) is 16.7 Å². The Labute approximate surface area is 117 Å². The van der Waals surface area contributed by atoms with Gasteiger partial charge in [0.15, 0.2) is 0 Å². The van der Waals surface area contributed by atoms with E-state index in [4.69, 9.17) is 4.74 Å². The maximum Gasteiger partial charge on any atom is 0.242 e. The van der Waals surface area contributed by atoms with Crippen LogP contribution in [0.4, 0.5) is 0 Å². The second-order valence-corrected chi connectivity index (χ2v) is 4.86. The van der Waals surface area contributed by atoms with Gasteiger partial charge in [-0.05, 0) is 0 Å². The highest BCUT2D eigenvalue weighted by atomic mass is 16.5. The highest BCUT2D eigenvalue weighted by molar-refractivity contribution is 5.83. The number of fused-ring (bicyclic) bond motifs is 1. The number of hydrogen-bond donors (Lipinski definition) is 1. The first kappa shape index (κ1) is 14.4. The molecule has 1 aliphatic heterocycles. The lowest BCUT2D eigenvalue weighted by Gasteiger charge is -2.23. The minimum Gasteiger partial charge on any atom is -0.384 e. The van der Waals surface area contributed by atoms with Crippen molar-refractivity contribution in [2.45, 2.75) is 20.0 Å². The normalized spacial score (nSPS) is 18.3. The molecule has 20 heavy (non-hydrogen) atoms. The predicted octanol–water partition coefficient (Wildman–Crippen LogP) is -0.981. The van der Waals surface area contributed by atoms with E-state index in [1.807, 2.05) is 0 Å². The van der Waals surface area contributed by atoms with Crippen molar-refractivity contribution in [2.75, 3.05) is 26.8 Å².